The maximum Gasteiger partial charge on any atom is 0.255 e. The van der Waals surface area contributed by atoms with Crippen molar-refractivity contribution in [1.29, 1.82) is 0 Å². The quantitative estimate of drug-likeness (QED) is 0.544. The van der Waals surface area contributed by atoms with Gasteiger partial charge in [-0.1, -0.05) is 0 Å². The Labute approximate surface area is 167 Å². The monoisotopic (exact) mass is 486 g/mol. The van der Waals surface area contributed by atoms with Gasteiger partial charge in [0.2, 0.25) is 0 Å². The van der Waals surface area contributed by atoms with E-state index in [1.54, 1.807) is 17.7 Å². The van der Waals surface area contributed by atoms with Crippen molar-refractivity contribution >= 4 is 50.9 Å². The van der Waals surface area contributed by atoms with Gasteiger partial charge in [-0.05, 0) is 46.9 Å². The predicted octanol–water partition coefficient (Wildman–Crippen LogP) is 3.26. The molecule has 0 spiro atoms. The molecule has 1 heterocycles. The maximum atomic E-state index is 15.2. The van der Waals surface area contributed by atoms with Gasteiger partial charge in [0, 0.05) is 24.2 Å². The van der Waals surface area contributed by atoms with Crippen molar-refractivity contribution in [3.8, 4) is 0 Å². The number of hydrogen-bond donors (Lipinski definition) is 2. The molecule has 2 N–H and O–H groups in total. The van der Waals surface area contributed by atoms with Crippen LogP contribution in [0.5, 0.6) is 0 Å². The topological polar surface area (TPSA) is 70.4 Å². The van der Waals surface area contributed by atoms with E-state index in [1.165, 1.54) is 36.5 Å². The van der Waals surface area contributed by atoms with Gasteiger partial charge in [-0.2, -0.15) is 0 Å². The molecular weight excluding hydrogens is 469 g/mol. The van der Waals surface area contributed by atoms with Crippen LogP contribution in [-0.2, 0) is 7.05 Å². The maximum absolute atomic E-state index is 15.2. The molecule has 0 aliphatic carbocycles. The number of imidazole rings is 1. The van der Waals surface area contributed by atoms with Crippen LogP contribution in [0.4, 0.5) is 20.2 Å². The summed E-state index contributed by atoms with van der Waals surface area (Å²) in [5.41, 5.74) is 0.422. The molecule has 0 atom stereocenters. The first-order valence-corrected chi connectivity index (χ1v) is 9.13. The summed E-state index contributed by atoms with van der Waals surface area (Å²) < 4.78 is 31.7. The highest BCUT2D eigenvalue weighted by atomic mass is 127. The molecule has 0 bridgehead atoms. The molecule has 0 saturated carbocycles. The molecule has 3 rings (SSSR count). The summed E-state index contributed by atoms with van der Waals surface area (Å²) in [4.78, 5) is 18.1. The van der Waals surface area contributed by atoms with Crippen LogP contribution in [-0.4, -0.2) is 45.7 Å². The van der Waals surface area contributed by atoms with Crippen molar-refractivity contribution in [3.63, 3.8) is 0 Å². The lowest BCUT2D eigenvalue weighted by molar-refractivity contribution is 0.0767. The minimum absolute atomic E-state index is 0.0255. The van der Waals surface area contributed by atoms with E-state index in [-0.39, 0.29) is 35.6 Å². The largest absolute Gasteiger partial charge is 0.395 e. The first kappa shape index (κ1) is 19.5. The lowest BCUT2D eigenvalue weighted by Gasteiger charge is -2.20. The number of aliphatic hydroxyl groups excluding tert-OH is 1. The first-order chi connectivity index (χ1) is 12.8. The fraction of sp³-hybridized carbons (Fsp3) is 0.222. The third-order valence-electron chi connectivity index (χ3n) is 4.16. The first-order valence-electron chi connectivity index (χ1n) is 8.05. The Bertz CT molecular complexity index is 1020. The average molecular weight is 486 g/mol. The van der Waals surface area contributed by atoms with Crippen LogP contribution < -0.4 is 5.32 Å². The number of carbonyl (C=O) groups excluding carboxylic acids is 1. The zero-order valence-corrected chi connectivity index (χ0v) is 16.8. The lowest BCUT2D eigenvalue weighted by atomic mass is 10.1. The van der Waals surface area contributed by atoms with E-state index in [9.17, 15) is 9.18 Å². The highest BCUT2D eigenvalue weighted by molar-refractivity contribution is 14.1. The minimum Gasteiger partial charge on any atom is -0.395 e. The molecule has 1 amide bonds. The second-order valence-electron chi connectivity index (χ2n) is 6.04. The van der Waals surface area contributed by atoms with Crippen molar-refractivity contribution < 1.29 is 18.7 Å². The molecule has 2 aromatic carbocycles. The number of fused-ring (bicyclic) bond motifs is 1. The van der Waals surface area contributed by atoms with E-state index in [4.69, 9.17) is 5.11 Å². The van der Waals surface area contributed by atoms with E-state index in [2.05, 4.69) is 10.3 Å². The van der Waals surface area contributed by atoms with Gasteiger partial charge < -0.3 is 19.9 Å². The smallest absolute Gasteiger partial charge is 0.255 e. The summed E-state index contributed by atoms with van der Waals surface area (Å²) in [5.74, 6) is -1.81. The fourth-order valence-electron chi connectivity index (χ4n) is 2.70. The van der Waals surface area contributed by atoms with Crippen molar-refractivity contribution in [2.75, 3.05) is 25.5 Å². The Hall–Kier alpha value is -2.27. The summed E-state index contributed by atoms with van der Waals surface area (Å²) in [6.07, 6.45) is 1.44. The molecule has 142 valence electrons. The Balaban J connectivity index is 2.17. The number of amides is 1. The van der Waals surface area contributed by atoms with Gasteiger partial charge in [-0.15, -0.1) is 0 Å². The number of likely N-dealkylation sites (N-methyl/N-ethyl adjacent to an activating group) is 1. The summed E-state index contributed by atoms with van der Waals surface area (Å²) in [6, 6.07) is 5.96. The molecule has 1 aromatic heterocycles. The number of anilines is 2. The van der Waals surface area contributed by atoms with E-state index in [0.29, 0.717) is 9.09 Å². The third-order valence-corrected chi connectivity index (χ3v) is 4.83. The lowest BCUT2D eigenvalue weighted by Crippen LogP contribution is -2.30. The molecule has 0 aliphatic heterocycles. The molecule has 3 aromatic rings. The van der Waals surface area contributed by atoms with E-state index in [0.717, 1.165) is 0 Å². The number of hydrogen-bond acceptors (Lipinski definition) is 4. The number of benzene rings is 2. The van der Waals surface area contributed by atoms with Crippen LogP contribution >= 0.6 is 22.6 Å². The number of nitrogens with one attached hydrogen (secondary N) is 1. The molecule has 0 unspecified atom stereocenters. The SMILES string of the molecule is CN(CCO)C(=O)c1cc2c(ncn2C)c(F)c1Nc1ccc(I)cc1F. The summed E-state index contributed by atoms with van der Waals surface area (Å²) in [5, 5.41) is 11.8. The van der Waals surface area contributed by atoms with Gasteiger partial charge in [0.1, 0.15) is 11.3 Å². The Morgan fingerprint density at radius 2 is 2.11 bits per heavy atom. The van der Waals surface area contributed by atoms with Gasteiger partial charge in [0.05, 0.1) is 35.4 Å². The average Bonchev–Trinajstić information content (AvgIpc) is 3.00. The zero-order valence-electron chi connectivity index (χ0n) is 14.6. The number of aliphatic hydroxyl groups is 1. The van der Waals surface area contributed by atoms with Gasteiger partial charge in [0.25, 0.3) is 5.91 Å². The highest BCUT2D eigenvalue weighted by Gasteiger charge is 2.24. The second-order valence-corrected chi connectivity index (χ2v) is 7.28. The van der Waals surface area contributed by atoms with Crippen LogP contribution in [0.3, 0.4) is 0 Å². The fourth-order valence-corrected chi connectivity index (χ4v) is 3.15. The Morgan fingerprint density at radius 1 is 1.37 bits per heavy atom. The van der Waals surface area contributed by atoms with Crippen LogP contribution in [0.1, 0.15) is 10.4 Å². The van der Waals surface area contributed by atoms with Crippen molar-refractivity contribution in [2.45, 2.75) is 0 Å². The molecule has 6 nitrogen and oxygen atoms in total. The minimum atomic E-state index is -0.744. The summed E-state index contributed by atoms with van der Waals surface area (Å²) in [6.45, 7) is -0.144. The van der Waals surface area contributed by atoms with Crippen LogP contribution in [0.25, 0.3) is 11.0 Å². The number of aryl methyl sites for hydroxylation is 1. The standard InChI is InChI=1S/C18H17F2IN4O2/c1-24(5-6-26)18(27)11-8-14-17(22-9-25(14)2)15(20)16(11)23-13-4-3-10(21)7-12(13)19/h3-4,7-9,23,26H,5-6H2,1-2H3. The highest BCUT2D eigenvalue weighted by Crippen LogP contribution is 2.32. The molecule has 9 heteroatoms. The van der Waals surface area contributed by atoms with E-state index in [1.807, 2.05) is 22.6 Å². The summed E-state index contributed by atoms with van der Waals surface area (Å²) in [7, 11) is 3.19. The zero-order chi connectivity index (χ0) is 19.7. The van der Waals surface area contributed by atoms with Crippen molar-refractivity contribution in [1.82, 2.24) is 14.5 Å². The predicted molar refractivity (Wildman–Crippen MR) is 107 cm³/mol. The molecule has 0 radical (unpaired) electrons. The Kier molecular flexibility index (Phi) is 5.61. The number of carbonyl (C=O) groups is 1. The third kappa shape index (κ3) is 3.74. The van der Waals surface area contributed by atoms with Gasteiger partial charge in [-0.3, -0.25) is 4.79 Å². The van der Waals surface area contributed by atoms with E-state index >= 15 is 4.39 Å². The number of rotatable bonds is 5. The van der Waals surface area contributed by atoms with Gasteiger partial charge in [0.15, 0.2) is 5.82 Å². The van der Waals surface area contributed by atoms with Crippen molar-refractivity contribution in [3.05, 3.63) is 51.4 Å². The number of aromatic nitrogens is 2. The molecule has 0 aliphatic rings. The molecule has 27 heavy (non-hydrogen) atoms. The second kappa shape index (κ2) is 7.77. The van der Waals surface area contributed by atoms with Crippen LogP contribution in [0.2, 0.25) is 0 Å². The number of nitrogens with zero attached hydrogens (tertiary/aromatic N) is 3. The number of halogens is 3. The van der Waals surface area contributed by atoms with Gasteiger partial charge in [-0.25, -0.2) is 13.8 Å². The van der Waals surface area contributed by atoms with Crippen LogP contribution in [0, 0.1) is 15.2 Å². The normalized spacial score (nSPS) is 11.0. The van der Waals surface area contributed by atoms with Crippen LogP contribution in [0.15, 0.2) is 30.6 Å². The molecular formula is C18H17F2IN4O2. The van der Waals surface area contributed by atoms with Gasteiger partial charge >= 0.3 is 0 Å². The summed E-state index contributed by atoms with van der Waals surface area (Å²) >= 11 is 1.97. The van der Waals surface area contributed by atoms with Crippen molar-refractivity contribution in [2.24, 2.45) is 7.05 Å². The Morgan fingerprint density at radius 3 is 2.78 bits per heavy atom. The van der Waals surface area contributed by atoms with E-state index < -0.39 is 17.5 Å². The molecule has 0 fully saturated rings. The molecule has 0 saturated heterocycles.